The Labute approximate surface area is 194 Å². The van der Waals surface area contributed by atoms with E-state index in [1.54, 1.807) is 31.1 Å². The van der Waals surface area contributed by atoms with Crippen LogP contribution in [0.15, 0.2) is 84.0 Å². The predicted octanol–water partition coefficient (Wildman–Crippen LogP) is 3.79. The van der Waals surface area contributed by atoms with Gasteiger partial charge in [-0.2, -0.15) is 4.72 Å². The molecule has 1 amide bonds. The third kappa shape index (κ3) is 6.87. The van der Waals surface area contributed by atoms with Gasteiger partial charge in [-0.25, -0.2) is 8.42 Å². The highest BCUT2D eigenvalue weighted by Gasteiger charge is 2.27. The first-order valence-corrected chi connectivity index (χ1v) is 12.4. The largest absolute Gasteiger partial charge is 0.354 e. The van der Waals surface area contributed by atoms with Crippen LogP contribution in [-0.2, 0) is 21.2 Å². The van der Waals surface area contributed by atoms with Crippen LogP contribution < -0.4 is 15.4 Å². The summed E-state index contributed by atoms with van der Waals surface area (Å²) in [4.78, 5) is 17.0. The lowest BCUT2D eigenvalue weighted by molar-refractivity contribution is -0.122. The monoisotopic (exact) mass is 463 g/mol. The van der Waals surface area contributed by atoms with Crippen molar-refractivity contribution in [3.05, 3.63) is 91.2 Å². The van der Waals surface area contributed by atoms with Crippen molar-refractivity contribution in [2.24, 2.45) is 5.92 Å². The summed E-state index contributed by atoms with van der Waals surface area (Å²) >= 11 is 0. The van der Waals surface area contributed by atoms with Gasteiger partial charge < -0.3 is 10.6 Å². The van der Waals surface area contributed by atoms with Crippen LogP contribution in [0, 0.1) is 12.5 Å². The minimum absolute atomic E-state index is 0.0899. The molecule has 0 aliphatic heterocycles. The van der Waals surface area contributed by atoms with E-state index < -0.39 is 16.1 Å². The second-order valence-electron chi connectivity index (χ2n) is 8.15. The van der Waals surface area contributed by atoms with Gasteiger partial charge in [-0.3, -0.25) is 9.78 Å². The smallest absolute Gasteiger partial charge is 0.241 e. The number of aromatic nitrogens is 1. The molecule has 0 unspecified atom stereocenters. The highest BCUT2D eigenvalue weighted by Crippen LogP contribution is 2.32. The third-order valence-corrected chi connectivity index (χ3v) is 6.89. The number of carbonyl (C=O) groups is 1. The van der Waals surface area contributed by atoms with E-state index in [-0.39, 0.29) is 17.2 Å². The Morgan fingerprint density at radius 1 is 1.00 bits per heavy atom. The second kappa shape index (κ2) is 10.6. The van der Waals surface area contributed by atoms with Gasteiger partial charge in [0, 0.05) is 18.4 Å². The molecule has 8 heteroatoms. The predicted molar refractivity (Wildman–Crippen MR) is 128 cm³/mol. The summed E-state index contributed by atoms with van der Waals surface area (Å²) in [5.41, 5.74) is 2.40. The zero-order valence-electron chi connectivity index (χ0n) is 18.1. The maximum atomic E-state index is 13.1. The Bertz CT molecular complexity index is 1150. The van der Waals surface area contributed by atoms with Crippen LogP contribution in [0.3, 0.4) is 0 Å². The van der Waals surface area contributed by atoms with Gasteiger partial charge in [-0.05, 0) is 60.7 Å². The van der Waals surface area contributed by atoms with Crippen LogP contribution >= 0.6 is 0 Å². The lowest BCUT2D eigenvalue weighted by atomic mass is 10.1. The minimum Gasteiger partial charge on any atom is -0.354 e. The van der Waals surface area contributed by atoms with Gasteiger partial charge in [-0.1, -0.05) is 43.2 Å². The SMILES string of the molecule is O=C(N[CH]CC1CC1)[C@H](Cc1ccccc1)NS(=O)(=O)c1ccc(Nc2cccnc2)cc1. The maximum Gasteiger partial charge on any atom is 0.241 e. The molecule has 1 fully saturated rings. The lowest BCUT2D eigenvalue weighted by Gasteiger charge is -2.19. The summed E-state index contributed by atoms with van der Waals surface area (Å²) < 4.78 is 28.7. The maximum absolute atomic E-state index is 13.1. The van der Waals surface area contributed by atoms with Crippen molar-refractivity contribution in [3.8, 4) is 0 Å². The fourth-order valence-electron chi connectivity index (χ4n) is 3.39. The number of nitrogens with zero attached hydrogens (tertiary/aromatic N) is 1. The number of hydrogen-bond donors (Lipinski definition) is 3. The summed E-state index contributed by atoms with van der Waals surface area (Å²) in [6.07, 6.45) is 6.78. The molecular weight excluding hydrogens is 436 g/mol. The van der Waals surface area contributed by atoms with Gasteiger partial charge in [0.15, 0.2) is 0 Å². The lowest BCUT2D eigenvalue weighted by Crippen LogP contribution is -2.47. The van der Waals surface area contributed by atoms with Crippen molar-refractivity contribution >= 4 is 27.3 Å². The van der Waals surface area contributed by atoms with Crippen LogP contribution in [0.1, 0.15) is 24.8 Å². The quantitative estimate of drug-likeness (QED) is 0.402. The highest BCUT2D eigenvalue weighted by molar-refractivity contribution is 7.89. The molecule has 1 aliphatic carbocycles. The van der Waals surface area contributed by atoms with Crippen molar-refractivity contribution < 1.29 is 13.2 Å². The van der Waals surface area contributed by atoms with E-state index in [1.165, 1.54) is 25.0 Å². The first-order valence-electron chi connectivity index (χ1n) is 10.9. The molecule has 0 bridgehead atoms. The first kappa shape index (κ1) is 22.9. The van der Waals surface area contributed by atoms with E-state index in [0.29, 0.717) is 5.92 Å². The minimum atomic E-state index is -3.91. The number of pyridine rings is 1. The highest BCUT2D eigenvalue weighted by atomic mass is 32.2. The van der Waals surface area contributed by atoms with E-state index in [4.69, 9.17) is 0 Å². The zero-order valence-corrected chi connectivity index (χ0v) is 19.0. The Morgan fingerprint density at radius 2 is 1.76 bits per heavy atom. The molecule has 2 aromatic carbocycles. The molecule has 1 aliphatic rings. The molecule has 3 aromatic rings. The van der Waals surface area contributed by atoms with E-state index in [9.17, 15) is 13.2 Å². The molecule has 1 atom stereocenters. The molecular formula is C25H27N4O3S. The average molecular weight is 464 g/mol. The number of rotatable bonds is 11. The Hall–Kier alpha value is -3.23. The van der Waals surface area contributed by atoms with Gasteiger partial charge in [0.05, 0.1) is 16.8 Å². The number of hydrogen-bond acceptors (Lipinski definition) is 5. The number of benzene rings is 2. The first-order chi connectivity index (χ1) is 16.0. The van der Waals surface area contributed by atoms with Crippen molar-refractivity contribution in [3.63, 3.8) is 0 Å². The number of sulfonamides is 1. The average Bonchev–Trinajstić information content (AvgIpc) is 3.65. The molecule has 7 nitrogen and oxygen atoms in total. The summed E-state index contributed by atoms with van der Waals surface area (Å²) in [6.45, 7) is 1.74. The van der Waals surface area contributed by atoms with Crippen molar-refractivity contribution in [2.45, 2.75) is 36.6 Å². The Balaban J connectivity index is 1.45. The van der Waals surface area contributed by atoms with Gasteiger partial charge in [0.1, 0.15) is 6.04 Å². The molecule has 1 radical (unpaired) electrons. The fourth-order valence-corrected chi connectivity index (χ4v) is 4.59. The summed E-state index contributed by atoms with van der Waals surface area (Å²) in [5, 5.41) is 5.94. The summed E-state index contributed by atoms with van der Waals surface area (Å²) in [7, 11) is -3.91. The standard InChI is InChI=1S/C25H27N4O3S/c30-25(27-16-14-19-8-9-19)24(17-20-5-2-1-3-6-20)29-33(31,32)23-12-10-21(11-13-23)28-22-7-4-15-26-18-22/h1-7,10-13,15-16,18-19,24,28-29H,8-9,14,17H2,(H,27,30)/t24-/m0/s1. The normalized spacial score (nSPS) is 14.4. The van der Waals surface area contributed by atoms with E-state index in [1.807, 2.05) is 42.5 Å². The Kier molecular flexibility index (Phi) is 7.36. The molecule has 1 aromatic heterocycles. The molecule has 0 spiro atoms. The van der Waals surface area contributed by atoms with Crippen LogP contribution in [-0.4, -0.2) is 25.4 Å². The van der Waals surface area contributed by atoms with E-state index in [2.05, 4.69) is 20.3 Å². The zero-order chi connectivity index (χ0) is 23.1. The second-order valence-corrected chi connectivity index (χ2v) is 9.86. The van der Waals surface area contributed by atoms with Crippen LogP contribution in [0.2, 0.25) is 0 Å². The number of amides is 1. The van der Waals surface area contributed by atoms with Crippen molar-refractivity contribution in [1.82, 2.24) is 15.0 Å². The summed E-state index contributed by atoms with van der Waals surface area (Å²) in [5.74, 6) is 0.270. The van der Waals surface area contributed by atoms with Gasteiger partial charge in [0.2, 0.25) is 15.9 Å². The Morgan fingerprint density at radius 3 is 2.42 bits per heavy atom. The molecule has 171 valence electrons. The number of anilines is 2. The summed E-state index contributed by atoms with van der Waals surface area (Å²) in [6, 6.07) is 18.5. The number of carbonyl (C=O) groups excluding carboxylic acids is 1. The molecule has 3 N–H and O–H groups in total. The van der Waals surface area contributed by atoms with Crippen LogP contribution in [0.4, 0.5) is 11.4 Å². The third-order valence-electron chi connectivity index (χ3n) is 5.40. The molecule has 33 heavy (non-hydrogen) atoms. The van der Waals surface area contributed by atoms with Crippen LogP contribution in [0.5, 0.6) is 0 Å². The van der Waals surface area contributed by atoms with Gasteiger partial charge in [-0.15, -0.1) is 0 Å². The van der Waals surface area contributed by atoms with Crippen molar-refractivity contribution in [2.75, 3.05) is 5.32 Å². The van der Waals surface area contributed by atoms with Gasteiger partial charge >= 0.3 is 0 Å². The molecule has 1 saturated carbocycles. The van der Waals surface area contributed by atoms with Crippen LogP contribution in [0.25, 0.3) is 0 Å². The van der Waals surface area contributed by atoms with Crippen molar-refractivity contribution in [1.29, 1.82) is 0 Å². The molecule has 1 heterocycles. The number of nitrogens with one attached hydrogen (secondary N) is 3. The molecule has 0 saturated heterocycles. The van der Waals surface area contributed by atoms with Gasteiger partial charge in [0.25, 0.3) is 0 Å². The fraction of sp³-hybridized carbons (Fsp3) is 0.240. The topological polar surface area (TPSA) is 100 Å². The van der Waals surface area contributed by atoms with E-state index in [0.717, 1.165) is 23.4 Å². The molecule has 4 rings (SSSR count). The van der Waals surface area contributed by atoms with E-state index >= 15 is 0 Å².